The lowest BCUT2D eigenvalue weighted by Crippen LogP contribution is -2.50. The molecule has 1 unspecified atom stereocenters. The number of nitrogens with one attached hydrogen (secondary N) is 3. The SMILES string of the molecule is CS(=O)(=O)N1CCc2ccccc2C(N2CCN(c3ccc(C(=O)NS(=O)(=O)c4ccc(NCC5CCOCC5)c([N+](=O)[O-])c4)c(Oc4cnc5[nH]ccc5c4)c3)CC2)C1. The van der Waals surface area contributed by atoms with E-state index in [0.29, 0.717) is 76.8 Å². The number of nitro benzene ring substituents is 1. The normalized spacial score (nSPS) is 18.4. The number of amides is 1. The molecule has 0 spiro atoms. The molecule has 2 saturated heterocycles. The molecule has 3 aromatic carbocycles. The maximum absolute atomic E-state index is 13.9. The number of nitro groups is 1. The van der Waals surface area contributed by atoms with Gasteiger partial charge >= 0.3 is 0 Å². The van der Waals surface area contributed by atoms with E-state index in [0.717, 1.165) is 41.1 Å². The van der Waals surface area contributed by atoms with Crippen LogP contribution >= 0.6 is 0 Å². The standard InChI is InChI=1S/C41H46N8O9S2/c1-59(53,54)48-15-11-29-4-2-3-5-34(29)38(27-48)47-18-16-46(17-19-47)31-6-8-35(39(23-31)58-32-22-30-10-14-42-40(30)44-26-32)41(50)45-60(55,56)33-7-9-36(37(24-33)49(51)52)43-25-28-12-20-57-21-13-28/h2-10,14,22-24,26,28,38,43H,11-13,15-21,25,27H2,1H3,(H,42,44)(H,45,50). The van der Waals surface area contributed by atoms with Crippen LogP contribution in [0.5, 0.6) is 11.5 Å². The number of piperazine rings is 1. The number of carbonyl (C=O) groups excluding carboxylic acids is 1. The number of aromatic nitrogens is 2. The fraction of sp³-hybridized carbons (Fsp3) is 0.366. The van der Waals surface area contributed by atoms with Crippen LogP contribution in [-0.4, -0.2) is 112 Å². The Balaban J connectivity index is 1.03. The van der Waals surface area contributed by atoms with Gasteiger partial charge in [-0.05, 0) is 72.7 Å². The second-order valence-electron chi connectivity index (χ2n) is 15.3. The lowest BCUT2D eigenvalue weighted by molar-refractivity contribution is -0.384. The molecule has 1 amide bonds. The summed E-state index contributed by atoms with van der Waals surface area (Å²) in [5.74, 6) is -0.361. The number of hydrogen-bond acceptors (Lipinski definition) is 13. The summed E-state index contributed by atoms with van der Waals surface area (Å²) in [6.45, 7) is 4.86. The highest BCUT2D eigenvalue weighted by Gasteiger charge is 2.34. The summed E-state index contributed by atoms with van der Waals surface area (Å²) in [5, 5.41) is 15.9. The number of aromatic amines is 1. The third-order valence-corrected chi connectivity index (χ3v) is 14.0. The first-order valence-corrected chi connectivity index (χ1v) is 23.1. The van der Waals surface area contributed by atoms with Crippen molar-refractivity contribution in [3.05, 3.63) is 112 Å². The third kappa shape index (κ3) is 9.09. The predicted molar refractivity (Wildman–Crippen MR) is 225 cm³/mol. The zero-order valence-corrected chi connectivity index (χ0v) is 34.6. The van der Waals surface area contributed by atoms with Crippen molar-refractivity contribution in [2.75, 3.05) is 75.5 Å². The largest absolute Gasteiger partial charge is 0.455 e. The highest BCUT2D eigenvalue weighted by atomic mass is 32.2. The average Bonchev–Trinajstić information content (AvgIpc) is 3.61. The van der Waals surface area contributed by atoms with E-state index >= 15 is 0 Å². The summed E-state index contributed by atoms with van der Waals surface area (Å²) in [5.41, 5.74) is 3.26. The minimum absolute atomic E-state index is 0.0689. The lowest BCUT2D eigenvalue weighted by Gasteiger charge is -2.41. The third-order valence-electron chi connectivity index (χ3n) is 11.4. The number of pyridine rings is 1. The molecule has 1 atom stereocenters. The second kappa shape index (κ2) is 17.2. The van der Waals surface area contributed by atoms with E-state index in [2.05, 4.69) is 41.9 Å². The highest BCUT2D eigenvalue weighted by molar-refractivity contribution is 7.90. The van der Waals surface area contributed by atoms with Crippen molar-refractivity contribution in [2.45, 2.75) is 30.2 Å². The molecule has 2 fully saturated rings. The number of ether oxygens (including phenoxy) is 2. The van der Waals surface area contributed by atoms with Gasteiger partial charge in [-0.25, -0.2) is 26.5 Å². The first kappa shape index (κ1) is 41.1. The zero-order chi connectivity index (χ0) is 42.0. The molecule has 0 bridgehead atoms. The number of fused-ring (bicyclic) bond motifs is 2. The Morgan fingerprint density at radius 1 is 0.983 bits per heavy atom. The molecule has 316 valence electrons. The monoisotopic (exact) mass is 858 g/mol. The molecule has 5 heterocycles. The van der Waals surface area contributed by atoms with Gasteiger partial charge in [0.2, 0.25) is 10.0 Å². The van der Waals surface area contributed by atoms with E-state index in [-0.39, 0.29) is 29.0 Å². The van der Waals surface area contributed by atoms with Crippen LogP contribution in [0.3, 0.4) is 0 Å². The van der Waals surface area contributed by atoms with Crippen molar-refractivity contribution in [3.63, 3.8) is 0 Å². The molecule has 3 aliphatic rings. The maximum atomic E-state index is 13.9. The number of anilines is 2. The second-order valence-corrected chi connectivity index (χ2v) is 18.9. The minimum Gasteiger partial charge on any atom is -0.455 e. The molecule has 60 heavy (non-hydrogen) atoms. The van der Waals surface area contributed by atoms with Crippen molar-refractivity contribution in [1.82, 2.24) is 23.9 Å². The van der Waals surface area contributed by atoms with Crippen molar-refractivity contribution >= 4 is 54.0 Å². The van der Waals surface area contributed by atoms with E-state index in [1.807, 2.05) is 18.2 Å². The van der Waals surface area contributed by atoms with E-state index in [4.69, 9.17) is 9.47 Å². The van der Waals surface area contributed by atoms with Crippen LogP contribution in [0.2, 0.25) is 0 Å². The molecular formula is C41H46N8O9S2. The Kier molecular flexibility index (Phi) is 11.8. The fourth-order valence-corrected chi connectivity index (χ4v) is 9.94. The van der Waals surface area contributed by atoms with Crippen LogP contribution in [0.1, 0.15) is 40.4 Å². The molecule has 0 saturated carbocycles. The highest BCUT2D eigenvalue weighted by Crippen LogP contribution is 2.35. The van der Waals surface area contributed by atoms with Crippen LogP contribution < -0.4 is 19.7 Å². The summed E-state index contributed by atoms with van der Waals surface area (Å²) in [6.07, 6.45) is 6.73. The van der Waals surface area contributed by atoms with Crippen molar-refractivity contribution in [1.29, 1.82) is 0 Å². The average molecular weight is 859 g/mol. The quantitative estimate of drug-likeness (QED) is 0.113. The number of hydrogen-bond donors (Lipinski definition) is 3. The van der Waals surface area contributed by atoms with Gasteiger partial charge in [0.05, 0.1) is 27.8 Å². The van der Waals surface area contributed by atoms with Crippen LogP contribution in [0.4, 0.5) is 17.1 Å². The molecular weight excluding hydrogens is 813 g/mol. The molecule has 0 radical (unpaired) electrons. The Morgan fingerprint density at radius 3 is 2.53 bits per heavy atom. The lowest BCUT2D eigenvalue weighted by atomic mass is 9.98. The van der Waals surface area contributed by atoms with Crippen LogP contribution in [0, 0.1) is 16.0 Å². The van der Waals surface area contributed by atoms with Crippen molar-refractivity contribution in [2.24, 2.45) is 5.92 Å². The Hall–Kier alpha value is -5.60. The minimum atomic E-state index is -4.59. The van der Waals surface area contributed by atoms with Gasteiger partial charge in [0.1, 0.15) is 22.8 Å². The first-order chi connectivity index (χ1) is 28.8. The van der Waals surface area contributed by atoms with Crippen LogP contribution in [0.15, 0.2) is 90.1 Å². The molecule has 3 N–H and O–H groups in total. The van der Waals surface area contributed by atoms with Crippen molar-refractivity contribution in [3.8, 4) is 11.5 Å². The first-order valence-electron chi connectivity index (χ1n) is 19.8. The number of benzene rings is 3. The van der Waals surface area contributed by atoms with Crippen LogP contribution in [0.25, 0.3) is 11.0 Å². The van der Waals surface area contributed by atoms with Gasteiger partial charge in [-0.2, -0.15) is 4.31 Å². The number of rotatable bonds is 12. The Labute approximate surface area is 347 Å². The zero-order valence-electron chi connectivity index (χ0n) is 32.9. The van der Waals surface area contributed by atoms with Gasteiger partial charge in [-0.1, -0.05) is 24.3 Å². The van der Waals surface area contributed by atoms with E-state index in [9.17, 15) is 31.7 Å². The maximum Gasteiger partial charge on any atom is 0.293 e. The van der Waals surface area contributed by atoms with Gasteiger partial charge < -0.3 is 24.7 Å². The number of sulfonamides is 2. The van der Waals surface area contributed by atoms with Gasteiger partial charge in [0.15, 0.2) is 0 Å². The molecule has 19 heteroatoms. The fourth-order valence-electron chi connectivity index (χ4n) is 8.12. The summed E-state index contributed by atoms with van der Waals surface area (Å²) in [7, 11) is -8.00. The van der Waals surface area contributed by atoms with Crippen LogP contribution in [-0.2, 0) is 31.2 Å². The van der Waals surface area contributed by atoms with Gasteiger partial charge in [-0.3, -0.25) is 19.8 Å². The van der Waals surface area contributed by atoms with Crippen molar-refractivity contribution < 1.29 is 36.0 Å². The smallest absolute Gasteiger partial charge is 0.293 e. The summed E-state index contributed by atoms with van der Waals surface area (Å²) < 4.78 is 68.0. The van der Waals surface area contributed by atoms with Gasteiger partial charge in [0, 0.05) is 94.5 Å². The molecule has 2 aromatic heterocycles. The number of H-pyrrole nitrogens is 1. The molecule has 17 nitrogen and oxygen atoms in total. The topological polar surface area (TPSA) is 209 Å². The molecule has 5 aromatic rings. The predicted octanol–water partition coefficient (Wildman–Crippen LogP) is 4.90. The van der Waals surface area contributed by atoms with E-state index in [1.165, 1.54) is 30.7 Å². The molecule has 8 rings (SSSR count). The Morgan fingerprint density at radius 2 is 1.77 bits per heavy atom. The summed E-state index contributed by atoms with van der Waals surface area (Å²) >= 11 is 0. The molecule has 0 aliphatic carbocycles. The number of nitrogens with zero attached hydrogens (tertiary/aromatic N) is 5. The summed E-state index contributed by atoms with van der Waals surface area (Å²) in [4.78, 5) is 36.7. The van der Waals surface area contributed by atoms with E-state index < -0.39 is 41.5 Å². The van der Waals surface area contributed by atoms with E-state index in [1.54, 1.807) is 28.7 Å². The summed E-state index contributed by atoms with van der Waals surface area (Å²) in [6, 6.07) is 19.9. The van der Waals surface area contributed by atoms with Gasteiger partial charge in [0.25, 0.3) is 21.6 Å². The molecule has 3 aliphatic heterocycles. The Bertz CT molecular complexity index is 2630. The van der Waals surface area contributed by atoms with Gasteiger partial charge in [-0.15, -0.1) is 0 Å². The number of carbonyl (C=O) groups is 1.